The maximum Gasteiger partial charge on any atom is 0.282 e. The fourth-order valence-electron chi connectivity index (χ4n) is 2.66. The highest BCUT2D eigenvalue weighted by Gasteiger charge is 2.23. The van der Waals surface area contributed by atoms with Crippen LogP contribution in [0.15, 0.2) is 42.5 Å². The maximum atomic E-state index is 12.6. The van der Waals surface area contributed by atoms with Gasteiger partial charge in [-0.25, -0.2) is 0 Å². The summed E-state index contributed by atoms with van der Waals surface area (Å²) in [5, 5.41) is 24.8. The van der Waals surface area contributed by atoms with Gasteiger partial charge in [0.2, 0.25) is 0 Å². The Morgan fingerprint density at radius 2 is 1.89 bits per heavy atom. The van der Waals surface area contributed by atoms with Gasteiger partial charge in [-0.2, -0.15) is 0 Å². The maximum absolute atomic E-state index is 12.6. The van der Waals surface area contributed by atoms with Crippen LogP contribution in [-0.4, -0.2) is 30.5 Å². The number of nitro groups is 1. The van der Waals surface area contributed by atoms with E-state index in [0.717, 1.165) is 0 Å². The fourth-order valence-corrected chi connectivity index (χ4v) is 2.66. The van der Waals surface area contributed by atoms with Crippen molar-refractivity contribution in [3.8, 4) is 11.5 Å². The van der Waals surface area contributed by atoms with E-state index in [-0.39, 0.29) is 11.3 Å². The van der Waals surface area contributed by atoms with Crippen LogP contribution in [0.4, 0.5) is 5.69 Å². The summed E-state index contributed by atoms with van der Waals surface area (Å²) < 4.78 is 10.7. The van der Waals surface area contributed by atoms with Gasteiger partial charge in [0.15, 0.2) is 11.5 Å². The SMILES string of the molecule is CCOc1ccc([C@@H](CC(=O)[O-])NC(=O)c2ccccc2[N+](=O)[O-])cc1OC. The molecule has 1 amide bonds. The van der Waals surface area contributed by atoms with Gasteiger partial charge in [-0.05, 0) is 30.7 Å². The van der Waals surface area contributed by atoms with Crippen molar-refractivity contribution in [3.63, 3.8) is 0 Å². The molecule has 0 bridgehead atoms. The predicted octanol–water partition coefficient (Wildman–Crippen LogP) is 1.61. The highest BCUT2D eigenvalue weighted by Crippen LogP contribution is 2.31. The van der Waals surface area contributed by atoms with Gasteiger partial charge in [0.1, 0.15) is 5.56 Å². The number of benzene rings is 2. The number of hydrogen-bond acceptors (Lipinski definition) is 7. The first-order chi connectivity index (χ1) is 13.4. The number of carbonyl (C=O) groups is 2. The fraction of sp³-hybridized carbons (Fsp3) is 0.263. The highest BCUT2D eigenvalue weighted by atomic mass is 16.6. The Kier molecular flexibility index (Phi) is 6.91. The third-order valence-electron chi connectivity index (χ3n) is 3.91. The molecule has 0 aliphatic rings. The molecule has 0 spiro atoms. The molecule has 0 saturated carbocycles. The van der Waals surface area contributed by atoms with Crippen LogP contribution >= 0.6 is 0 Å². The second kappa shape index (κ2) is 9.36. The van der Waals surface area contributed by atoms with Crippen molar-refractivity contribution in [3.05, 3.63) is 63.7 Å². The average molecular weight is 387 g/mol. The average Bonchev–Trinajstić information content (AvgIpc) is 2.67. The number of hydrogen-bond donors (Lipinski definition) is 1. The summed E-state index contributed by atoms with van der Waals surface area (Å²) in [4.78, 5) is 34.2. The second-order valence-corrected chi connectivity index (χ2v) is 5.72. The zero-order valence-corrected chi connectivity index (χ0v) is 15.3. The largest absolute Gasteiger partial charge is 0.550 e. The van der Waals surface area contributed by atoms with Crippen molar-refractivity contribution in [2.24, 2.45) is 0 Å². The lowest BCUT2D eigenvalue weighted by atomic mass is 10.0. The molecule has 0 aromatic heterocycles. The third kappa shape index (κ3) is 4.97. The molecule has 28 heavy (non-hydrogen) atoms. The van der Waals surface area contributed by atoms with Crippen LogP contribution in [-0.2, 0) is 4.79 Å². The lowest BCUT2D eigenvalue weighted by Gasteiger charge is -2.21. The van der Waals surface area contributed by atoms with Crippen LogP contribution in [0.3, 0.4) is 0 Å². The monoisotopic (exact) mass is 387 g/mol. The Hall–Kier alpha value is -3.62. The molecule has 9 heteroatoms. The van der Waals surface area contributed by atoms with E-state index in [9.17, 15) is 24.8 Å². The summed E-state index contributed by atoms with van der Waals surface area (Å²) in [5.74, 6) is -1.33. The van der Waals surface area contributed by atoms with Gasteiger partial charge in [-0.1, -0.05) is 18.2 Å². The normalized spacial score (nSPS) is 11.4. The molecule has 1 atom stereocenters. The lowest BCUT2D eigenvalue weighted by molar-refractivity contribution is -0.385. The second-order valence-electron chi connectivity index (χ2n) is 5.72. The molecule has 0 aliphatic carbocycles. The number of ether oxygens (including phenoxy) is 2. The van der Waals surface area contributed by atoms with E-state index in [4.69, 9.17) is 9.47 Å². The smallest absolute Gasteiger partial charge is 0.282 e. The van der Waals surface area contributed by atoms with Gasteiger partial charge in [-0.3, -0.25) is 14.9 Å². The van der Waals surface area contributed by atoms with Crippen molar-refractivity contribution >= 4 is 17.6 Å². The zero-order chi connectivity index (χ0) is 20.7. The molecule has 0 heterocycles. The number of carbonyl (C=O) groups excluding carboxylic acids is 2. The van der Waals surface area contributed by atoms with E-state index in [0.29, 0.717) is 23.7 Å². The number of amides is 1. The number of nitro benzene ring substituents is 1. The quantitative estimate of drug-likeness (QED) is 0.511. The van der Waals surface area contributed by atoms with Gasteiger partial charge in [-0.15, -0.1) is 0 Å². The minimum atomic E-state index is -1.39. The standard InChI is InChI=1S/C19H20N2O7/c1-3-28-16-9-8-12(10-17(16)27-2)14(11-18(22)23)20-19(24)13-6-4-5-7-15(13)21(25)26/h4-10,14H,3,11H2,1-2H3,(H,20,24)(H,22,23)/p-1/t14-/m1/s1. The molecule has 0 radical (unpaired) electrons. The summed E-state index contributed by atoms with van der Waals surface area (Å²) in [7, 11) is 1.43. The van der Waals surface area contributed by atoms with Crippen molar-refractivity contribution in [1.82, 2.24) is 5.32 Å². The van der Waals surface area contributed by atoms with E-state index < -0.39 is 29.3 Å². The number of nitrogens with one attached hydrogen (secondary N) is 1. The number of carboxylic acids is 1. The molecule has 9 nitrogen and oxygen atoms in total. The Labute approximate surface area is 161 Å². The van der Waals surface area contributed by atoms with Gasteiger partial charge in [0.25, 0.3) is 11.6 Å². The van der Waals surface area contributed by atoms with Crippen LogP contribution in [0, 0.1) is 10.1 Å². The van der Waals surface area contributed by atoms with E-state index in [1.54, 1.807) is 19.1 Å². The Balaban J connectivity index is 2.36. The van der Waals surface area contributed by atoms with Crippen molar-refractivity contribution in [1.29, 1.82) is 0 Å². The van der Waals surface area contributed by atoms with Crippen LogP contribution in [0.1, 0.15) is 35.3 Å². The van der Waals surface area contributed by atoms with Crippen LogP contribution in [0.25, 0.3) is 0 Å². The van der Waals surface area contributed by atoms with Crippen molar-refractivity contribution in [2.75, 3.05) is 13.7 Å². The number of nitrogens with zero attached hydrogens (tertiary/aromatic N) is 1. The molecule has 0 aliphatic heterocycles. The minimum absolute atomic E-state index is 0.172. The first-order valence-electron chi connectivity index (χ1n) is 8.42. The molecule has 0 saturated heterocycles. The molecule has 0 fully saturated rings. The van der Waals surface area contributed by atoms with Crippen molar-refractivity contribution < 1.29 is 29.1 Å². The lowest BCUT2D eigenvalue weighted by Crippen LogP contribution is -2.34. The van der Waals surface area contributed by atoms with E-state index >= 15 is 0 Å². The third-order valence-corrected chi connectivity index (χ3v) is 3.91. The highest BCUT2D eigenvalue weighted by molar-refractivity contribution is 5.98. The molecule has 1 N–H and O–H groups in total. The van der Waals surface area contributed by atoms with Gasteiger partial charge in [0.05, 0.1) is 24.7 Å². The first-order valence-corrected chi connectivity index (χ1v) is 8.42. The molecule has 0 unspecified atom stereocenters. The number of methoxy groups -OCH3 is 1. The number of rotatable bonds is 9. The molecule has 148 valence electrons. The molecular formula is C19H19N2O7-. The minimum Gasteiger partial charge on any atom is -0.550 e. The molecule has 2 rings (SSSR count). The van der Waals surface area contributed by atoms with Crippen molar-refractivity contribution in [2.45, 2.75) is 19.4 Å². The van der Waals surface area contributed by atoms with E-state index in [1.165, 1.54) is 37.4 Å². The topological polar surface area (TPSA) is 131 Å². The number of carboxylic acid groups (broad SMARTS) is 1. The van der Waals surface area contributed by atoms with Gasteiger partial charge in [0, 0.05) is 18.5 Å². The van der Waals surface area contributed by atoms with Crippen LogP contribution in [0.2, 0.25) is 0 Å². The number of para-hydroxylation sites is 1. The van der Waals surface area contributed by atoms with Crippen LogP contribution in [0.5, 0.6) is 11.5 Å². The summed E-state index contributed by atoms with van der Waals surface area (Å²) >= 11 is 0. The van der Waals surface area contributed by atoms with Crippen LogP contribution < -0.4 is 19.9 Å². The Morgan fingerprint density at radius 3 is 2.50 bits per heavy atom. The van der Waals surface area contributed by atoms with E-state index in [1.807, 2.05) is 0 Å². The summed E-state index contributed by atoms with van der Waals surface area (Å²) in [6, 6.07) is 9.14. The number of aliphatic carboxylic acids is 1. The Bertz CT molecular complexity index is 882. The molecule has 2 aromatic carbocycles. The van der Waals surface area contributed by atoms with Gasteiger partial charge < -0.3 is 24.7 Å². The predicted molar refractivity (Wildman–Crippen MR) is 97.1 cm³/mol. The first kappa shape index (κ1) is 20.7. The molecular weight excluding hydrogens is 368 g/mol. The summed E-state index contributed by atoms with van der Waals surface area (Å²) in [6.07, 6.45) is -0.524. The summed E-state index contributed by atoms with van der Waals surface area (Å²) in [5.41, 5.74) is -0.123. The summed E-state index contributed by atoms with van der Waals surface area (Å²) in [6.45, 7) is 2.21. The Morgan fingerprint density at radius 1 is 1.18 bits per heavy atom. The van der Waals surface area contributed by atoms with E-state index in [2.05, 4.69) is 5.32 Å². The molecule has 2 aromatic rings. The van der Waals surface area contributed by atoms with Gasteiger partial charge >= 0.3 is 0 Å². The zero-order valence-electron chi connectivity index (χ0n) is 15.3.